The average molecular weight is 464 g/mol. The van der Waals surface area contributed by atoms with Gasteiger partial charge in [-0.1, -0.05) is 60.3 Å². The van der Waals surface area contributed by atoms with Gasteiger partial charge in [-0.2, -0.15) is 4.98 Å². The Balaban J connectivity index is 0.00000109. The van der Waals surface area contributed by atoms with E-state index in [9.17, 15) is 14.4 Å². The molecule has 0 aliphatic carbocycles. The lowest BCUT2D eigenvalue weighted by Gasteiger charge is -2.11. The molecule has 146 valence electrons. The van der Waals surface area contributed by atoms with Crippen molar-refractivity contribution in [3.8, 4) is 0 Å². The number of H-pyrrole nitrogens is 2. The normalized spacial score (nSPS) is 13.0. The van der Waals surface area contributed by atoms with Crippen molar-refractivity contribution in [1.82, 2.24) is 15.0 Å². The maximum atomic E-state index is 12.8. The second-order valence-electron chi connectivity index (χ2n) is 5.42. The second-order valence-corrected chi connectivity index (χ2v) is 6.93. The van der Waals surface area contributed by atoms with E-state index in [0.717, 1.165) is 0 Å². The number of hydrogen-bond acceptors (Lipinski definition) is 4. The summed E-state index contributed by atoms with van der Waals surface area (Å²) in [5, 5.41) is -0.694. The lowest BCUT2D eigenvalue weighted by Crippen LogP contribution is -2.35. The average Bonchev–Trinajstić information content (AvgIpc) is 3.17. The Hall–Kier alpha value is -2.13. The van der Waals surface area contributed by atoms with Gasteiger partial charge in [-0.15, -0.1) is 0 Å². The topological polar surface area (TPSA) is 103 Å². The number of aromatic nitrogens is 4. The first-order chi connectivity index (χ1) is 13.2. The number of imidazole rings is 1. The molecule has 0 spiro atoms. The molecular formula is C16H12Cl4N5O3+. The van der Waals surface area contributed by atoms with Crippen molar-refractivity contribution < 1.29 is 14.2 Å². The maximum Gasteiger partial charge on any atom is 0.304 e. The fraction of sp³-hybridized carbons (Fsp3) is 0.188. The molecule has 0 saturated carbocycles. The fourth-order valence-corrected chi connectivity index (χ4v) is 3.77. The van der Waals surface area contributed by atoms with Crippen LogP contribution in [0.25, 0.3) is 11.2 Å². The van der Waals surface area contributed by atoms with Gasteiger partial charge in [0.25, 0.3) is 23.0 Å². The van der Waals surface area contributed by atoms with Gasteiger partial charge >= 0.3 is 5.56 Å². The zero-order chi connectivity index (χ0) is 20.9. The molecule has 0 atom stereocenters. The van der Waals surface area contributed by atoms with E-state index in [-0.39, 0.29) is 48.3 Å². The van der Waals surface area contributed by atoms with Crippen LogP contribution < -0.4 is 15.0 Å². The molecule has 0 fully saturated rings. The summed E-state index contributed by atoms with van der Waals surface area (Å²) >= 11 is 24.1. The van der Waals surface area contributed by atoms with Crippen LogP contribution in [0.1, 0.15) is 34.6 Å². The molecule has 3 heterocycles. The first kappa shape index (κ1) is 20.6. The van der Waals surface area contributed by atoms with Gasteiger partial charge in [0.1, 0.15) is 0 Å². The highest BCUT2D eigenvalue weighted by molar-refractivity contribution is 6.56. The van der Waals surface area contributed by atoms with Gasteiger partial charge < -0.3 is 0 Å². The molecule has 2 amide bonds. The predicted molar refractivity (Wildman–Crippen MR) is 107 cm³/mol. The van der Waals surface area contributed by atoms with Gasteiger partial charge in [0, 0.05) is 0 Å². The SMILES string of the molecule is CC.C[n+]1c[nH]c2nc(N3C(=O)c4c(Cl)c(Cl)c(Cl)c(Cl)c4C3=O)[nH]c(=O)c21. The molecule has 28 heavy (non-hydrogen) atoms. The van der Waals surface area contributed by atoms with E-state index in [1.54, 1.807) is 7.05 Å². The first-order valence-corrected chi connectivity index (χ1v) is 9.47. The quantitative estimate of drug-likeness (QED) is 0.249. The standard InChI is InChI=1S/C14H5Cl4N5O3.C2H6/c1-22-2-19-10-9(22)11(24)21-14(20-10)23-12(25)3-4(13(23)26)6(16)8(18)7(17)5(3)15;1-2/h2H,1H3,(H,20,21,24);1-2H3/p+1. The molecule has 1 aliphatic heterocycles. The number of amides is 2. The van der Waals surface area contributed by atoms with Crippen molar-refractivity contribution in [3.05, 3.63) is 47.9 Å². The summed E-state index contributed by atoms with van der Waals surface area (Å²) in [6.07, 6.45) is 1.51. The molecule has 8 nitrogen and oxygen atoms in total. The number of nitrogens with one attached hydrogen (secondary N) is 2. The van der Waals surface area contributed by atoms with E-state index in [0.29, 0.717) is 4.90 Å². The third kappa shape index (κ3) is 2.79. The minimum atomic E-state index is -0.825. The van der Waals surface area contributed by atoms with Crippen LogP contribution in [0.15, 0.2) is 11.1 Å². The van der Waals surface area contributed by atoms with Crippen molar-refractivity contribution in [2.24, 2.45) is 7.05 Å². The molecule has 4 rings (SSSR count). The van der Waals surface area contributed by atoms with Gasteiger partial charge in [-0.3, -0.25) is 19.4 Å². The minimum Gasteiger partial charge on any atom is -0.288 e. The predicted octanol–water partition coefficient (Wildman–Crippen LogP) is 3.52. The lowest BCUT2D eigenvalue weighted by atomic mass is 10.1. The van der Waals surface area contributed by atoms with E-state index >= 15 is 0 Å². The molecule has 0 bridgehead atoms. The molecular weight excluding hydrogens is 452 g/mol. The van der Waals surface area contributed by atoms with Crippen molar-refractivity contribution >= 4 is 75.3 Å². The van der Waals surface area contributed by atoms with E-state index in [1.807, 2.05) is 13.8 Å². The number of aromatic amines is 2. The van der Waals surface area contributed by atoms with Crippen LogP contribution in [0.3, 0.4) is 0 Å². The number of halogens is 4. The van der Waals surface area contributed by atoms with Crippen LogP contribution in [-0.4, -0.2) is 26.8 Å². The van der Waals surface area contributed by atoms with Crippen molar-refractivity contribution in [3.63, 3.8) is 0 Å². The van der Waals surface area contributed by atoms with Gasteiger partial charge in [-0.25, -0.2) is 14.5 Å². The zero-order valence-electron chi connectivity index (χ0n) is 14.7. The van der Waals surface area contributed by atoms with E-state index in [2.05, 4.69) is 15.0 Å². The van der Waals surface area contributed by atoms with Crippen LogP contribution in [0.4, 0.5) is 5.95 Å². The van der Waals surface area contributed by atoms with Gasteiger partial charge in [0.15, 0.2) is 0 Å². The number of imide groups is 1. The Kier molecular flexibility index (Phi) is 5.42. The van der Waals surface area contributed by atoms with Crippen LogP contribution in [-0.2, 0) is 7.05 Å². The summed E-state index contributed by atoms with van der Waals surface area (Å²) in [4.78, 5) is 47.8. The number of carbonyl (C=O) groups excluding carboxylic acids is 2. The smallest absolute Gasteiger partial charge is 0.288 e. The fourth-order valence-electron chi connectivity index (χ4n) is 2.75. The van der Waals surface area contributed by atoms with Crippen LogP contribution >= 0.6 is 46.4 Å². The summed E-state index contributed by atoms with van der Waals surface area (Å²) < 4.78 is 1.51. The number of carbonyl (C=O) groups is 2. The lowest BCUT2D eigenvalue weighted by molar-refractivity contribution is -0.645. The highest BCUT2D eigenvalue weighted by Gasteiger charge is 2.44. The molecule has 2 N–H and O–H groups in total. The Morgan fingerprint density at radius 2 is 1.43 bits per heavy atom. The van der Waals surface area contributed by atoms with Crippen LogP contribution in [0, 0.1) is 0 Å². The molecule has 1 aliphatic rings. The molecule has 12 heteroatoms. The number of anilines is 1. The van der Waals surface area contributed by atoms with E-state index in [4.69, 9.17) is 46.4 Å². The van der Waals surface area contributed by atoms with Crippen LogP contribution in [0.2, 0.25) is 20.1 Å². The Labute approximate surface area is 178 Å². The monoisotopic (exact) mass is 462 g/mol. The third-order valence-corrected chi connectivity index (χ3v) is 5.74. The third-order valence-electron chi connectivity index (χ3n) is 3.94. The number of nitrogens with zero attached hydrogens (tertiary/aromatic N) is 3. The van der Waals surface area contributed by atoms with E-state index in [1.165, 1.54) is 10.9 Å². The van der Waals surface area contributed by atoms with Crippen molar-refractivity contribution in [1.29, 1.82) is 0 Å². The molecule has 0 radical (unpaired) electrons. The van der Waals surface area contributed by atoms with Crippen molar-refractivity contribution in [2.75, 3.05) is 4.90 Å². The molecule has 3 aromatic rings. The minimum absolute atomic E-state index is 0.145. The summed E-state index contributed by atoms with van der Waals surface area (Å²) in [6, 6.07) is 0. The first-order valence-electron chi connectivity index (χ1n) is 7.95. The number of aryl methyl sites for hydroxylation is 1. The largest absolute Gasteiger partial charge is 0.304 e. The number of fused-ring (bicyclic) bond motifs is 2. The Morgan fingerprint density at radius 1 is 0.929 bits per heavy atom. The number of rotatable bonds is 1. The number of hydrogen-bond donors (Lipinski definition) is 2. The van der Waals surface area contributed by atoms with Crippen molar-refractivity contribution in [2.45, 2.75) is 13.8 Å². The summed E-state index contributed by atoms with van der Waals surface area (Å²) in [5.41, 5.74) is -0.506. The summed E-state index contributed by atoms with van der Waals surface area (Å²) in [5.74, 6) is -1.93. The van der Waals surface area contributed by atoms with Gasteiger partial charge in [0.2, 0.25) is 12.3 Å². The highest BCUT2D eigenvalue weighted by atomic mass is 35.5. The Morgan fingerprint density at radius 3 is 1.93 bits per heavy atom. The molecule has 2 aromatic heterocycles. The molecule has 0 unspecified atom stereocenters. The summed E-state index contributed by atoms with van der Waals surface area (Å²) in [6.45, 7) is 4.00. The van der Waals surface area contributed by atoms with Gasteiger partial charge in [0.05, 0.1) is 38.3 Å². The van der Waals surface area contributed by atoms with Gasteiger partial charge in [-0.05, 0) is 0 Å². The maximum absolute atomic E-state index is 12.8. The van der Waals surface area contributed by atoms with E-state index < -0.39 is 17.4 Å². The Bertz CT molecular complexity index is 1170. The number of benzene rings is 1. The second kappa shape index (κ2) is 7.36. The highest BCUT2D eigenvalue weighted by Crippen LogP contribution is 2.45. The summed E-state index contributed by atoms with van der Waals surface area (Å²) in [7, 11) is 1.64. The molecule has 1 aromatic carbocycles. The van der Waals surface area contributed by atoms with Crippen LogP contribution in [0.5, 0.6) is 0 Å². The molecule has 0 saturated heterocycles. The zero-order valence-corrected chi connectivity index (χ0v) is 17.7.